The van der Waals surface area contributed by atoms with Crippen molar-refractivity contribution in [2.75, 3.05) is 6.54 Å². The van der Waals surface area contributed by atoms with Crippen LogP contribution in [-0.2, 0) is 12.6 Å². The third-order valence-corrected chi connectivity index (χ3v) is 3.08. The van der Waals surface area contributed by atoms with Crippen LogP contribution in [0.15, 0.2) is 47.1 Å². The van der Waals surface area contributed by atoms with Gasteiger partial charge < -0.3 is 9.73 Å². The van der Waals surface area contributed by atoms with E-state index < -0.39 is 17.8 Å². The fraction of sp³-hybridized carbons (Fsp3) is 0.333. The number of likely N-dealkylation sites (N-methyl/N-ethyl adjacent to an activating group) is 1. The van der Waals surface area contributed by atoms with Crippen LogP contribution in [0.3, 0.4) is 0 Å². The first-order valence-electron chi connectivity index (χ1n) is 6.44. The van der Waals surface area contributed by atoms with Gasteiger partial charge in [0.2, 0.25) is 0 Å². The molecule has 1 aromatic heterocycles. The van der Waals surface area contributed by atoms with E-state index >= 15 is 0 Å². The van der Waals surface area contributed by atoms with Crippen LogP contribution in [0.4, 0.5) is 13.2 Å². The second kappa shape index (κ2) is 6.13. The zero-order chi connectivity index (χ0) is 14.6. The molecule has 1 heterocycles. The van der Waals surface area contributed by atoms with Gasteiger partial charge in [-0.05, 0) is 30.3 Å². The highest BCUT2D eigenvalue weighted by Crippen LogP contribution is 2.35. The van der Waals surface area contributed by atoms with Crippen molar-refractivity contribution in [3.8, 4) is 0 Å². The maximum Gasteiger partial charge on any atom is 0.416 e. The van der Waals surface area contributed by atoms with Crippen LogP contribution in [0.25, 0.3) is 0 Å². The third kappa shape index (κ3) is 3.42. The Balaban J connectivity index is 2.34. The second-order valence-corrected chi connectivity index (χ2v) is 4.48. The molecule has 0 fully saturated rings. The van der Waals surface area contributed by atoms with Gasteiger partial charge in [0.15, 0.2) is 0 Å². The average Bonchev–Trinajstić information content (AvgIpc) is 2.90. The SMILES string of the molecule is CCNC(Cc1ccco1)c1ccccc1C(F)(F)F. The molecular weight excluding hydrogens is 267 g/mol. The molecule has 1 unspecified atom stereocenters. The Morgan fingerprint density at radius 1 is 1.15 bits per heavy atom. The highest BCUT2D eigenvalue weighted by Gasteiger charge is 2.34. The zero-order valence-corrected chi connectivity index (χ0v) is 11.1. The summed E-state index contributed by atoms with van der Waals surface area (Å²) in [6, 6.07) is 8.72. The number of alkyl halides is 3. The number of hydrogen-bond donors (Lipinski definition) is 1. The molecule has 0 saturated heterocycles. The Kier molecular flexibility index (Phi) is 4.49. The van der Waals surface area contributed by atoms with Gasteiger partial charge in [0.1, 0.15) is 5.76 Å². The predicted molar refractivity (Wildman–Crippen MR) is 70.3 cm³/mol. The number of benzene rings is 1. The summed E-state index contributed by atoms with van der Waals surface area (Å²) in [7, 11) is 0. The van der Waals surface area contributed by atoms with Crippen molar-refractivity contribution < 1.29 is 17.6 Å². The highest BCUT2D eigenvalue weighted by atomic mass is 19.4. The van der Waals surface area contributed by atoms with E-state index in [1.54, 1.807) is 18.2 Å². The zero-order valence-electron chi connectivity index (χ0n) is 11.1. The first-order valence-corrected chi connectivity index (χ1v) is 6.44. The Hall–Kier alpha value is -1.75. The van der Waals surface area contributed by atoms with E-state index in [4.69, 9.17) is 4.42 Å². The lowest BCUT2D eigenvalue weighted by Crippen LogP contribution is -2.25. The first kappa shape index (κ1) is 14.7. The van der Waals surface area contributed by atoms with Crippen LogP contribution in [-0.4, -0.2) is 6.54 Å². The molecule has 20 heavy (non-hydrogen) atoms. The molecule has 0 radical (unpaired) electrons. The Labute approximate surface area is 115 Å². The lowest BCUT2D eigenvalue weighted by molar-refractivity contribution is -0.138. The summed E-state index contributed by atoms with van der Waals surface area (Å²) in [5.74, 6) is 0.660. The molecule has 5 heteroatoms. The van der Waals surface area contributed by atoms with E-state index in [0.717, 1.165) is 6.07 Å². The maximum absolute atomic E-state index is 13.1. The van der Waals surface area contributed by atoms with Crippen LogP contribution in [0.2, 0.25) is 0 Å². The van der Waals surface area contributed by atoms with E-state index in [0.29, 0.717) is 18.7 Å². The molecule has 0 aliphatic carbocycles. The van der Waals surface area contributed by atoms with Crippen molar-refractivity contribution in [1.82, 2.24) is 5.32 Å². The van der Waals surface area contributed by atoms with Gasteiger partial charge in [0.25, 0.3) is 0 Å². The quantitative estimate of drug-likeness (QED) is 0.890. The van der Waals surface area contributed by atoms with E-state index in [2.05, 4.69) is 5.32 Å². The van der Waals surface area contributed by atoms with Gasteiger partial charge in [-0.3, -0.25) is 0 Å². The molecule has 1 aromatic carbocycles. The Morgan fingerprint density at radius 2 is 1.90 bits per heavy atom. The van der Waals surface area contributed by atoms with Crippen molar-refractivity contribution in [3.05, 3.63) is 59.5 Å². The van der Waals surface area contributed by atoms with Gasteiger partial charge in [-0.25, -0.2) is 0 Å². The van der Waals surface area contributed by atoms with E-state index in [-0.39, 0.29) is 5.56 Å². The van der Waals surface area contributed by atoms with Crippen LogP contribution < -0.4 is 5.32 Å². The molecule has 0 saturated carbocycles. The molecule has 2 rings (SSSR count). The molecule has 0 spiro atoms. The van der Waals surface area contributed by atoms with Crippen LogP contribution in [0, 0.1) is 0 Å². The summed E-state index contributed by atoms with van der Waals surface area (Å²) < 4.78 is 44.5. The largest absolute Gasteiger partial charge is 0.469 e. The summed E-state index contributed by atoms with van der Waals surface area (Å²) in [5.41, 5.74) is -0.351. The number of hydrogen-bond acceptors (Lipinski definition) is 2. The third-order valence-electron chi connectivity index (χ3n) is 3.08. The topological polar surface area (TPSA) is 25.2 Å². The van der Waals surface area contributed by atoms with E-state index in [1.807, 2.05) is 6.92 Å². The van der Waals surface area contributed by atoms with Crippen molar-refractivity contribution in [1.29, 1.82) is 0 Å². The number of halogens is 3. The highest BCUT2D eigenvalue weighted by molar-refractivity contribution is 5.33. The van der Waals surface area contributed by atoms with E-state index in [1.165, 1.54) is 18.4 Å². The smallest absolute Gasteiger partial charge is 0.416 e. The van der Waals surface area contributed by atoms with Crippen LogP contribution in [0.5, 0.6) is 0 Å². The predicted octanol–water partition coefficient (Wildman–Crippen LogP) is 4.19. The van der Waals surface area contributed by atoms with Gasteiger partial charge in [-0.15, -0.1) is 0 Å². The summed E-state index contributed by atoms with van der Waals surface area (Å²) in [5, 5.41) is 3.09. The molecule has 0 bridgehead atoms. The lowest BCUT2D eigenvalue weighted by Gasteiger charge is -2.21. The van der Waals surface area contributed by atoms with Crippen LogP contribution >= 0.6 is 0 Å². The Morgan fingerprint density at radius 3 is 2.50 bits per heavy atom. The minimum Gasteiger partial charge on any atom is -0.469 e. The standard InChI is InChI=1S/C15H16F3NO/c1-2-19-14(10-11-6-5-9-20-11)12-7-3-4-8-13(12)15(16,17)18/h3-9,14,19H,2,10H2,1H3. The molecule has 0 amide bonds. The monoisotopic (exact) mass is 283 g/mol. The van der Waals surface area contributed by atoms with Crippen molar-refractivity contribution in [2.24, 2.45) is 0 Å². The molecule has 0 aliphatic heterocycles. The van der Waals surface area contributed by atoms with Gasteiger partial charge in [0.05, 0.1) is 11.8 Å². The molecule has 108 valence electrons. The summed E-state index contributed by atoms with van der Waals surface area (Å²) >= 11 is 0. The average molecular weight is 283 g/mol. The fourth-order valence-corrected chi connectivity index (χ4v) is 2.23. The van der Waals surface area contributed by atoms with Crippen molar-refractivity contribution in [2.45, 2.75) is 25.6 Å². The minimum absolute atomic E-state index is 0.248. The maximum atomic E-state index is 13.1. The minimum atomic E-state index is -4.35. The Bertz CT molecular complexity index is 534. The van der Waals surface area contributed by atoms with E-state index in [9.17, 15) is 13.2 Å². The normalized spacial score (nSPS) is 13.4. The molecule has 1 atom stereocenters. The summed E-state index contributed by atoms with van der Waals surface area (Å²) in [6.07, 6.45) is -2.45. The number of rotatable bonds is 5. The number of nitrogens with one attached hydrogen (secondary N) is 1. The first-order chi connectivity index (χ1) is 9.52. The molecule has 1 N–H and O–H groups in total. The fourth-order valence-electron chi connectivity index (χ4n) is 2.23. The number of furan rings is 1. The molecule has 2 nitrogen and oxygen atoms in total. The second-order valence-electron chi connectivity index (χ2n) is 4.48. The van der Waals surface area contributed by atoms with Crippen molar-refractivity contribution >= 4 is 0 Å². The lowest BCUT2D eigenvalue weighted by atomic mass is 9.96. The van der Waals surface area contributed by atoms with Gasteiger partial charge >= 0.3 is 6.18 Å². The van der Waals surface area contributed by atoms with Gasteiger partial charge in [0, 0.05) is 12.5 Å². The molecular formula is C15H16F3NO. The molecule has 2 aromatic rings. The van der Waals surface area contributed by atoms with Crippen molar-refractivity contribution in [3.63, 3.8) is 0 Å². The van der Waals surface area contributed by atoms with Gasteiger partial charge in [-0.2, -0.15) is 13.2 Å². The van der Waals surface area contributed by atoms with Crippen LogP contribution in [0.1, 0.15) is 29.9 Å². The molecule has 0 aliphatic rings. The summed E-state index contributed by atoms with van der Waals surface area (Å²) in [4.78, 5) is 0. The summed E-state index contributed by atoms with van der Waals surface area (Å²) in [6.45, 7) is 2.45. The van der Waals surface area contributed by atoms with Gasteiger partial charge in [-0.1, -0.05) is 25.1 Å².